The first kappa shape index (κ1) is 5.33. The van der Waals surface area contributed by atoms with Gasteiger partial charge < -0.3 is 0 Å². The molecular formula is ClIOS. The Labute approximate surface area is 46.0 Å². The Morgan fingerprint density at radius 3 is 2.25 bits per heavy atom. The molecule has 0 rings (SSSR count). The maximum Gasteiger partial charge on any atom is 0.0884 e. The summed E-state index contributed by atoms with van der Waals surface area (Å²) in [7, 11) is 1.09. The molecule has 0 radical (unpaired) electrons. The van der Waals surface area contributed by atoms with Crippen LogP contribution in [0.1, 0.15) is 0 Å². The monoisotopic (exact) mass is 210 g/mol. The predicted octanol–water partition coefficient (Wildman–Crippen LogP) is 2.15. The Morgan fingerprint density at radius 1 is 2.00 bits per heavy atom. The summed E-state index contributed by atoms with van der Waals surface area (Å²) < 4.78 is 3.92. The normalized spacial score (nSPS) is 7.50. The topological polar surface area (TPSA) is 9.23 Å². The van der Waals surface area contributed by atoms with Gasteiger partial charge in [0, 0.05) is 21.2 Å². The summed E-state index contributed by atoms with van der Waals surface area (Å²) in [4.78, 5) is 0. The van der Waals surface area contributed by atoms with Crippen molar-refractivity contribution >= 4 is 42.3 Å². The van der Waals surface area contributed by atoms with E-state index in [-0.39, 0.29) is 0 Å². The van der Waals surface area contributed by atoms with E-state index in [2.05, 4.69) is 15.6 Å². The summed E-state index contributed by atoms with van der Waals surface area (Å²) in [5.74, 6) is 0. The lowest BCUT2D eigenvalue weighted by molar-refractivity contribution is 0.742. The lowest BCUT2D eigenvalue weighted by atomic mass is 15.9. The number of hydrogen-bond donors (Lipinski definition) is 0. The Balaban J connectivity index is 1.97. The van der Waals surface area contributed by atoms with Crippen LogP contribution in [0.2, 0.25) is 0 Å². The van der Waals surface area contributed by atoms with Gasteiger partial charge in [-0.15, -0.1) is 0 Å². The Bertz CT molecular complexity index is 10.0. The van der Waals surface area contributed by atoms with Crippen LogP contribution < -0.4 is 0 Å². The van der Waals surface area contributed by atoms with Crippen LogP contribution in [-0.4, -0.2) is 0 Å². The molecule has 4 heavy (non-hydrogen) atoms. The highest BCUT2D eigenvalue weighted by molar-refractivity contribution is 14.2. The van der Waals surface area contributed by atoms with Crippen molar-refractivity contribution in [2.75, 3.05) is 0 Å². The minimum Gasteiger partial charge on any atom is -0.196 e. The maximum absolute atomic E-state index is 4.64. The lowest BCUT2D eigenvalue weighted by Crippen LogP contribution is -1.27. The van der Waals surface area contributed by atoms with Crippen molar-refractivity contribution in [3.8, 4) is 0 Å². The first-order valence-electron chi connectivity index (χ1n) is 0.475. The number of hydrogen-bond acceptors (Lipinski definition) is 2. The van der Waals surface area contributed by atoms with Gasteiger partial charge in [0.2, 0.25) is 0 Å². The summed E-state index contributed by atoms with van der Waals surface area (Å²) in [6.07, 6.45) is 0. The molecule has 0 aliphatic heterocycles. The molecule has 0 aliphatic carbocycles. The smallest absolute Gasteiger partial charge is 0.0884 e. The van der Waals surface area contributed by atoms with Gasteiger partial charge in [-0.25, -0.2) is 0 Å². The molecule has 0 saturated heterocycles. The van der Waals surface area contributed by atoms with Crippen LogP contribution >= 0.6 is 42.3 Å². The molecule has 0 amide bonds. The highest BCUT2D eigenvalue weighted by atomic mass is 127. The molecule has 26 valence electrons. The second kappa shape index (κ2) is 4.33. The van der Waals surface area contributed by atoms with E-state index in [1.165, 1.54) is 0 Å². The fourth-order valence-corrected chi connectivity index (χ4v) is 0. The van der Waals surface area contributed by atoms with Crippen LogP contribution in [-0.2, 0) is 3.74 Å². The minimum absolute atomic E-state index is 1.09. The van der Waals surface area contributed by atoms with E-state index in [1.54, 1.807) is 0 Å². The average molecular weight is 210 g/mol. The zero-order valence-corrected chi connectivity index (χ0v) is 5.30. The van der Waals surface area contributed by atoms with Crippen molar-refractivity contribution in [3.63, 3.8) is 0 Å². The first-order valence-corrected chi connectivity index (χ1v) is 4.07. The summed E-state index contributed by atoms with van der Waals surface area (Å²) in [5.41, 5.74) is 0. The van der Waals surface area contributed by atoms with Crippen molar-refractivity contribution in [2.24, 2.45) is 0 Å². The second-order valence-electron chi connectivity index (χ2n) is 0.126. The molecule has 0 spiro atoms. The summed E-state index contributed by atoms with van der Waals surface area (Å²) in [5, 5.41) is 0. The molecule has 1 nitrogen and oxygen atoms in total. The van der Waals surface area contributed by atoms with Crippen molar-refractivity contribution in [1.82, 2.24) is 0 Å². The van der Waals surface area contributed by atoms with E-state index in [1.807, 2.05) is 21.2 Å². The number of rotatable bonds is 1. The predicted molar refractivity (Wildman–Crippen MR) is 28.5 cm³/mol. The molecule has 0 fully saturated rings. The third kappa shape index (κ3) is 3.33. The zero-order chi connectivity index (χ0) is 3.41. The quantitative estimate of drug-likeness (QED) is 0.484. The fourth-order valence-electron chi connectivity index (χ4n) is 0. The minimum atomic E-state index is 1.09. The third-order valence-electron chi connectivity index (χ3n) is 0.0238. The first-order chi connectivity index (χ1) is 1.91. The highest BCUT2D eigenvalue weighted by Crippen LogP contribution is 2.13. The van der Waals surface area contributed by atoms with Gasteiger partial charge in [-0.2, -0.15) is 3.74 Å². The van der Waals surface area contributed by atoms with E-state index in [4.69, 9.17) is 0 Å². The molecule has 0 aromatic rings. The van der Waals surface area contributed by atoms with E-state index in [9.17, 15) is 0 Å². The van der Waals surface area contributed by atoms with Crippen molar-refractivity contribution < 1.29 is 3.74 Å². The van der Waals surface area contributed by atoms with Gasteiger partial charge in [0.05, 0.1) is 21.1 Å². The van der Waals surface area contributed by atoms with Gasteiger partial charge in [0.25, 0.3) is 0 Å². The van der Waals surface area contributed by atoms with Crippen molar-refractivity contribution in [1.29, 1.82) is 0 Å². The molecule has 0 atom stereocenters. The van der Waals surface area contributed by atoms with Crippen LogP contribution in [0.25, 0.3) is 0 Å². The zero-order valence-electron chi connectivity index (χ0n) is 1.57. The molecule has 0 aromatic heterocycles. The SMILES string of the molecule is ClOSI. The molecule has 0 N–H and O–H groups in total. The molecule has 0 bridgehead atoms. The molecule has 0 saturated carbocycles. The lowest BCUT2D eigenvalue weighted by Gasteiger charge is -1.65. The van der Waals surface area contributed by atoms with Gasteiger partial charge in [-0.1, -0.05) is 0 Å². The van der Waals surface area contributed by atoms with Crippen LogP contribution in [0.5, 0.6) is 0 Å². The van der Waals surface area contributed by atoms with Gasteiger partial charge in [0.15, 0.2) is 0 Å². The second-order valence-corrected chi connectivity index (χ2v) is 1.83. The Morgan fingerprint density at radius 2 is 2.25 bits per heavy atom. The maximum atomic E-state index is 4.64. The van der Waals surface area contributed by atoms with Crippen LogP contribution in [0.4, 0.5) is 0 Å². The summed E-state index contributed by atoms with van der Waals surface area (Å²) >= 11 is 6.56. The van der Waals surface area contributed by atoms with Crippen molar-refractivity contribution in [3.05, 3.63) is 0 Å². The third-order valence-corrected chi connectivity index (χ3v) is 1.44. The van der Waals surface area contributed by atoms with Crippen LogP contribution in [0.3, 0.4) is 0 Å². The molecule has 0 heterocycles. The molecule has 4 heteroatoms. The average Bonchev–Trinajstić information content (AvgIpc) is 1.37. The summed E-state index contributed by atoms with van der Waals surface area (Å²) in [6.45, 7) is 0. The van der Waals surface area contributed by atoms with E-state index < -0.39 is 0 Å². The highest BCUT2D eigenvalue weighted by Gasteiger charge is 1.60. The van der Waals surface area contributed by atoms with Crippen LogP contribution in [0, 0.1) is 0 Å². The van der Waals surface area contributed by atoms with E-state index in [0.717, 1.165) is 9.21 Å². The Kier molecular flexibility index (Phi) is 5.77. The molecule has 0 aliphatic rings. The van der Waals surface area contributed by atoms with E-state index in [0.29, 0.717) is 0 Å². The van der Waals surface area contributed by atoms with Gasteiger partial charge >= 0.3 is 0 Å². The standard InChI is InChI=1S/ClIOS/c1-3-4-2. The summed E-state index contributed by atoms with van der Waals surface area (Å²) in [6, 6.07) is 0. The van der Waals surface area contributed by atoms with Crippen molar-refractivity contribution in [2.45, 2.75) is 0 Å². The molecule has 0 aromatic carbocycles. The Hall–Kier alpha value is 1.33. The molecule has 0 unspecified atom stereocenters. The largest absolute Gasteiger partial charge is 0.196 e. The number of halogens is 2. The van der Waals surface area contributed by atoms with Crippen LogP contribution in [0.15, 0.2) is 0 Å². The molecular weight excluding hydrogens is 210 g/mol. The van der Waals surface area contributed by atoms with Gasteiger partial charge in [-0.3, -0.25) is 0 Å². The van der Waals surface area contributed by atoms with Gasteiger partial charge in [0.1, 0.15) is 0 Å². The van der Waals surface area contributed by atoms with Gasteiger partial charge in [-0.05, 0) is 0 Å². The van der Waals surface area contributed by atoms with E-state index >= 15 is 0 Å². The fraction of sp³-hybridized carbons (Fsp3) is 0.